The first-order valence-electron chi connectivity index (χ1n) is 5.52. The normalized spacial score (nSPS) is 14.0. The van der Waals surface area contributed by atoms with Crippen molar-refractivity contribution in [2.75, 3.05) is 0 Å². The van der Waals surface area contributed by atoms with E-state index in [1.165, 1.54) is 11.6 Å². The fraction of sp³-hybridized carbons (Fsp3) is 0.545. The maximum atomic E-state index is 11.6. The number of amides is 1. The van der Waals surface area contributed by atoms with Crippen LogP contribution in [0.15, 0.2) is 6.07 Å². The lowest BCUT2D eigenvalue weighted by atomic mass is 10.2. The molecule has 0 saturated heterocycles. The van der Waals surface area contributed by atoms with Gasteiger partial charge in [-0.25, -0.2) is 4.79 Å². The number of aliphatic hydroxyl groups excluding tert-OH is 1. The number of nitrogens with one attached hydrogen (secondary N) is 1. The maximum absolute atomic E-state index is 11.6. The largest absolute Gasteiger partial charge is 0.480 e. The molecule has 0 spiro atoms. The van der Waals surface area contributed by atoms with Crippen molar-refractivity contribution in [1.29, 1.82) is 0 Å². The van der Waals surface area contributed by atoms with Gasteiger partial charge in [-0.1, -0.05) is 0 Å². The highest BCUT2D eigenvalue weighted by Gasteiger charge is 2.25. The number of carboxylic acids is 1. The van der Waals surface area contributed by atoms with E-state index in [1.54, 1.807) is 13.8 Å². The Morgan fingerprint density at radius 1 is 1.50 bits per heavy atom. The molecule has 0 aliphatic carbocycles. The molecule has 0 radical (unpaired) electrons. The molecule has 0 aromatic carbocycles. The van der Waals surface area contributed by atoms with Crippen molar-refractivity contribution in [2.24, 2.45) is 0 Å². The van der Waals surface area contributed by atoms with Crippen LogP contribution in [-0.4, -0.2) is 44.0 Å². The lowest BCUT2D eigenvalue weighted by molar-refractivity contribution is -0.144. The summed E-state index contributed by atoms with van der Waals surface area (Å²) in [6.07, 6.45) is -1.16. The summed E-state index contributed by atoms with van der Waals surface area (Å²) in [6.45, 7) is 4.84. The zero-order chi connectivity index (χ0) is 13.9. The second-order valence-corrected chi connectivity index (χ2v) is 4.21. The van der Waals surface area contributed by atoms with Crippen LogP contribution in [0.4, 0.5) is 0 Å². The summed E-state index contributed by atoms with van der Waals surface area (Å²) >= 11 is 0. The molecule has 0 aliphatic heterocycles. The molecular formula is C11H17N3O4. The Kier molecular flexibility index (Phi) is 4.43. The molecular weight excluding hydrogens is 238 g/mol. The van der Waals surface area contributed by atoms with E-state index in [-0.39, 0.29) is 6.54 Å². The van der Waals surface area contributed by atoms with E-state index >= 15 is 0 Å². The van der Waals surface area contributed by atoms with Gasteiger partial charge in [0.1, 0.15) is 6.54 Å². The Bertz CT molecular complexity index is 453. The van der Waals surface area contributed by atoms with E-state index in [0.29, 0.717) is 0 Å². The lowest BCUT2D eigenvalue weighted by Gasteiger charge is -2.17. The number of aliphatic hydroxyl groups is 1. The topological polar surface area (TPSA) is 104 Å². The molecule has 2 atom stereocenters. The molecule has 1 rings (SSSR count). The van der Waals surface area contributed by atoms with Crippen LogP contribution < -0.4 is 5.32 Å². The fourth-order valence-corrected chi connectivity index (χ4v) is 1.58. The average Bonchev–Trinajstić information content (AvgIpc) is 2.53. The Labute approximate surface area is 104 Å². The van der Waals surface area contributed by atoms with E-state index < -0.39 is 24.0 Å². The number of rotatable bonds is 5. The average molecular weight is 255 g/mol. The van der Waals surface area contributed by atoms with Gasteiger partial charge >= 0.3 is 5.97 Å². The number of carbonyl (C=O) groups is 2. The van der Waals surface area contributed by atoms with Crippen LogP contribution in [-0.2, 0) is 16.1 Å². The highest BCUT2D eigenvalue weighted by molar-refractivity contribution is 5.83. The highest BCUT2D eigenvalue weighted by atomic mass is 16.4. The fourth-order valence-electron chi connectivity index (χ4n) is 1.58. The van der Waals surface area contributed by atoms with Crippen molar-refractivity contribution in [3.05, 3.63) is 17.5 Å². The number of nitrogens with zero attached hydrogens (tertiary/aromatic N) is 2. The van der Waals surface area contributed by atoms with Gasteiger partial charge in [-0.2, -0.15) is 5.10 Å². The Morgan fingerprint density at radius 3 is 2.50 bits per heavy atom. The lowest BCUT2D eigenvalue weighted by Crippen LogP contribution is -2.48. The van der Waals surface area contributed by atoms with Crippen LogP contribution in [0.1, 0.15) is 18.3 Å². The van der Waals surface area contributed by atoms with Crippen LogP contribution in [0, 0.1) is 13.8 Å². The molecule has 0 aliphatic rings. The zero-order valence-electron chi connectivity index (χ0n) is 10.5. The first-order chi connectivity index (χ1) is 8.31. The number of aliphatic carboxylic acids is 1. The molecule has 1 aromatic rings. The summed E-state index contributed by atoms with van der Waals surface area (Å²) in [4.78, 5) is 22.4. The van der Waals surface area contributed by atoms with E-state index in [1.807, 2.05) is 6.07 Å². The maximum Gasteiger partial charge on any atom is 0.328 e. The molecule has 3 N–H and O–H groups in total. The van der Waals surface area contributed by atoms with Gasteiger partial charge in [-0.05, 0) is 26.8 Å². The SMILES string of the molecule is Cc1cc(C)n(CC(=O)N[C@H](C(=O)O)[C@@H](C)O)n1. The molecule has 0 unspecified atom stereocenters. The Morgan fingerprint density at radius 2 is 2.11 bits per heavy atom. The number of carboxylic acid groups (broad SMARTS) is 1. The molecule has 1 heterocycles. The van der Waals surface area contributed by atoms with Crippen LogP contribution in [0.5, 0.6) is 0 Å². The summed E-state index contributed by atoms with van der Waals surface area (Å²) in [5, 5.41) is 24.4. The third-order valence-corrected chi connectivity index (χ3v) is 2.46. The van der Waals surface area contributed by atoms with E-state index in [4.69, 9.17) is 5.11 Å². The third-order valence-electron chi connectivity index (χ3n) is 2.46. The van der Waals surface area contributed by atoms with Crippen molar-refractivity contribution in [2.45, 2.75) is 39.5 Å². The van der Waals surface area contributed by atoms with Crippen LogP contribution >= 0.6 is 0 Å². The van der Waals surface area contributed by atoms with Gasteiger partial charge in [0.15, 0.2) is 6.04 Å². The van der Waals surface area contributed by atoms with E-state index in [0.717, 1.165) is 11.4 Å². The number of carbonyl (C=O) groups excluding carboxylic acids is 1. The first kappa shape index (κ1) is 14.2. The van der Waals surface area contributed by atoms with Crippen LogP contribution in [0.25, 0.3) is 0 Å². The monoisotopic (exact) mass is 255 g/mol. The number of hydrogen-bond acceptors (Lipinski definition) is 4. The molecule has 0 fully saturated rings. The Balaban J connectivity index is 2.66. The summed E-state index contributed by atoms with van der Waals surface area (Å²) in [6, 6.07) is 0.505. The van der Waals surface area contributed by atoms with Crippen LogP contribution in [0.3, 0.4) is 0 Å². The summed E-state index contributed by atoms with van der Waals surface area (Å²) in [7, 11) is 0. The standard InChI is InChI=1S/C11H17N3O4/c1-6-4-7(2)14(13-6)5-9(16)12-10(8(3)15)11(17)18/h4,8,10,15H,5H2,1-3H3,(H,12,16)(H,17,18)/t8-,10+/m1/s1. The van der Waals surface area contributed by atoms with Gasteiger partial charge in [-0.3, -0.25) is 9.48 Å². The molecule has 1 amide bonds. The van der Waals surface area contributed by atoms with Gasteiger partial charge in [0.2, 0.25) is 5.91 Å². The number of aromatic nitrogens is 2. The van der Waals surface area contributed by atoms with Gasteiger partial charge in [-0.15, -0.1) is 0 Å². The van der Waals surface area contributed by atoms with Gasteiger partial charge in [0.25, 0.3) is 0 Å². The first-order valence-corrected chi connectivity index (χ1v) is 5.52. The van der Waals surface area contributed by atoms with Crippen LogP contribution in [0.2, 0.25) is 0 Å². The summed E-state index contributed by atoms with van der Waals surface area (Å²) in [5.74, 6) is -1.78. The van der Waals surface area contributed by atoms with Gasteiger partial charge in [0.05, 0.1) is 11.8 Å². The minimum absolute atomic E-state index is 0.0732. The minimum Gasteiger partial charge on any atom is -0.480 e. The van der Waals surface area contributed by atoms with Crippen molar-refractivity contribution in [1.82, 2.24) is 15.1 Å². The third kappa shape index (κ3) is 3.56. The predicted octanol–water partition coefficient (Wildman–Crippen LogP) is -0.550. The molecule has 7 nitrogen and oxygen atoms in total. The van der Waals surface area contributed by atoms with E-state index in [2.05, 4.69) is 10.4 Å². The molecule has 1 aromatic heterocycles. The number of hydrogen-bond donors (Lipinski definition) is 3. The second kappa shape index (κ2) is 5.63. The molecule has 100 valence electrons. The van der Waals surface area contributed by atoms with Crippen molar-refractivity contribution in [3.8, 4) is 0 Å². The molecule has 18 heavy (non-hydrogen) atoms. The Hall–Kier alpha value is -1.89. The minimum atomic E-state index is -1.31. The van der Waals surface area contributed by atoms with Crippen molar-refractivity contribution < 1.29 is 19.8 Å². The van der Waals surface area contributed by atoms with Crippen molar-refractivity contribution in [3.63, 3.8) is 0 Å². The smallest absolute Gasteiger partial charge is 0.328 e. The highest BCUT2D eigenvalue weighted by Crippen LogP contribution is 2.01. The van der Waals surface area contributed by atoms with Gasteiger partial charge in [0, 0.05) is 5.69 Å². The number of aryl methyl sites for hydroxylation is 2. The zero-order valence-corrected chi connectivity index (χ0v) is 10.5. The molecule has 0 saturated carbocycles. The molecule has 7 heteroatoms. The molecule has 0 bridgehead atoms. The predicted molar refractivity (Wildman–Crippen MR) is 62.9 cm³/mol. The van der Waals surface area contributed by atoms with Gasteiger partial charge < -0.3 is 15.5 Å². The second-order valence-electron chi connectivity index (χ2n) is 4.21. The summed E-state index contributed by atoms with van der Waals surface area (Å²) in [5.41, 5.74) is 1.59. The van der Waals surface area contributed by atoms with Crippen molar-refractivity contribution >= 4 is 11.9 Å². The summed E-state index contributed by atoms with van der Waals surface area (Å²) < 4.78 is 1.48. The van der Waals surface area contributed by atoms with E-state index in [9.17, 15) is 14.7 Å². The quantitative estimate of drug-likeness (QED) is 0.655.